The van der Waals surface area contributed by atoms with Gasteiger partial charge < -0.3 is 9.64 Å². The standard InChI is InChI=1S/C25H22ClN3O7S2/c1-37(32,33)20-10-8-18(9-11-20)28-38(34,35)21-12-13-23(26)22(16-21)25(31)36-17-24(30)29(15-5-14-27)19-6-3-2-4-7-19/h2-4,6-13,16,28H,5,15,17H2,1H3. The van der Waals surface area contributed by atoms with Crippen LogP contribution in [0.2, 0.25) is 5.02 Å². The van der Waals surface area contributed by atoms with E-state index in [1.807, 2.05) is 6.07 Å². The van der Waals surface area contributed by atoms with Crippen LogP contribution in [0, 0.1) is 11.3 Å². The van der Waals surface area contributed by atoms with Crippen molar-refractivity contribution in [2.45, 2.75) is 16.2 Å². The Hall–Kier alpha value is -3.92. The van der Waals surface area contributed by atoms with Crippen molar-refractivity contribution < 1.29 is 31.2 Å². The molecule has 0 aliphatic rings. The first-order chi connectivity index (χ1) is 17.9. The summed E-state index contributed by atoms with van der Waals surface area (Å²) in [6, 6.07) is 19.0. The van der Waals surface area contributed by atoms with Gasteiger partial charge in [-0.15, -0.1) is 0 Å². The van der Waals surface area contributed by atoms with Crippen molar-refractivity contribution in [1.29, 1.82) is 5.26 Å². The number of halogens is 1. The number of carbonyl (C=O) groups excluding carboxylic acids is 2. The van der Waals surface area contributed by atoms with Gasteiger partial charge in [0.2, 0.25) is 0 Å². The Bertz CT molecular complexity index is 1590. The number of nitrogens with zero attached hydrogens (tertiary/aromatic N) is 2. The number of rotatable bonds is 10. The number of nitriles is 1. The third kappa shape index (κ3) is 7.32. The number of anilines is 2. The van der Waals surface area contributed by atoms with E-state index >= 15 is 0 Å². The van der Waals surface area contributed by atoms with E-state index in [-0.39, 0.29) is 39.0 Å². The van der Waals surface area contributed by atoms with Crippen LogP contribution in [0.3, 0.4) is 0 Å². The maximum absolute atomic E-state index is 12.9. The minimum atomic E-state index is -4.20. The van der Waals surface area contributed by atoms with Crippen LogP contribution in [-0.2, 0) is 29.4 Å². The molecule has 38 heavy (non-hydrogen) atoms. The molecule has 0 bridgehead atoms. The van der Waals surface area contributed by atoms with E-state index in [2.05, 4.69) is 4.72 Å². The average Bonchev–Trinajstić information content (AvgIpc) is 2.88. The zero-order valence-corrected chi connectivity index (χ0v) is 22.4. The van der Waals surface area contributed by atoms with E-state index in [4.69, 9.17) is 21.6 Å². The number of para-hydroxylation sites is 1. The Morgan fingerprint density at radius 1 is 0.974 bits per heavy atom. The number of nitrogens with one attached hydrogen (secondary N) is 1. The fourth-order valence-electron chi connectivity index (χ4n) is 3.26. The first-order valence-corrected chi connectivity index (χ1v) is 14.7. The molecular weight excluding hydrogens is 554 g/mol. The number of hydrogen-bond acceptors (Lipinski definition) is 8. The normalized spacial score (nSPS) is 11.3. The predicted molar refractivity (Wildman–Crippen MR) is 141 cm³/mol. The summed E-state index contributed by atoms with van der Waals surface area (Å²) in [4.78, 5) is 26.5. The van der Waals surface area contributed by atoms with E-state index in [1.54, 1.807) is 30.3 Å². The lowest BCUT2D eigenvalue weighted by Crippen LogP contribution is -2.35. The minimum absolute atomic E-state index is 0.0185. The summed E-state index contributed by atoms with van der Waals surface area (Å²) in [6.45, 7) is -0.584. The fourth-order valence-corrected chi connectivity index (χ4v) is 5.17. The van der Waals surface area contributed by atoms with Crippen LogP contribution in [0.5, 0.6) is 0 Å². The number of carbonyl (C=O) groups is 2. The number of amides is 1. The third-order valence-electron chi connectivity index (χ3n) is 5.15. The SMILES string of the molecule is CS(=O)(=O)c1ccc(NS(=O)(=O)c2ccc(Cl)c(C(=O)OCC(=O)N(CCC#N)c3ccccc3)c2)cc1. The van der Waals surface area contributed by atoms with Gasteiger partial charge in [-0.2, -0.15) is 5.26 Å². The maximum atomic E-state index is 12.9. The predicted octanol–water partition coefficient (Wildman–Crippen LogP) is 3.65. The number of ether oxygens (including phenoxy) is 1. The molecule has 3 aromatic rings. The van der Waals surface area contributed by atoms with E-state index in [0.717, 1.165) is 12.3 Å². The molecule has 0 saturated carbocycles. The van der Waals surface area contributed by atoms with Gasteiger partial charge in [-0.05, 0) is 54.6 Å². The van der Waals surface area contributed by atoms with E-state index < -0.39 is 38.3 Å². The lowest BCUT2D eigenvalue weighted by molar-refractivity contribution is -0.121. The lowest BCUT2D eigenvalue weighted by atomic mass is 10.2. The molecule has 3 aromatic carbocycles. The molecular formula is C25H22ClN3O7S2. The Morgan fingerprint density at radius 2 is 1.61 bits per heavy atom. The average molecular weight is 576 g/mol. The summed E-state index contributed by atoms with van der Waals surface area (Å²) in [5.74, 6) is -1.61. The molecule has 0 aliphatic carbocycles. The highest BCUT2D eigenvalue weighted by atomic mass is 35.5. The van der Waals surface area contributed by atoms with Gasteiger partial charge in [0.15, 0.2) is 16.4 Å². The third-order valence-corrected chi connectivity index (χ3v) is 7.98. The first-order valence-electron chi connectivity index (χ1n) is 10.9. The molecule has 0 spiro atoms. The molecule has 1 amide bonds. The monoisotopic (exact) mass is 575 g/mol. The van der Waals surface area contributed by atoms with Crippen molar-refractivity contribution in [3.63, 3.8) is 0 Å². The van der Waals surface area contributed by atoms with E-state index in [1.165, 1.54) is 41.3 Å². The molecule has 0 unspecified atom stereocenters. The van der Waals surface area contributed by atoms with Gasteiger partial charge in [0.25, 0.3) is 15.9 Å². The molecule has 198 valence electrons. The number of hydrogen-bond donors (Lipinski definition) is 1. The molecule has 0 radical (unpaired) electrons. The number of benzene rings is 3. The largest absolute Gasteiger partial charge is 0.452 e. The Kier molecular flexibility index (Phi) is 9.11. The summed E-state index contributed by atoms with van der Waals surface area (Å²) < 4.78 is 56.4. The fraction of sp³-hybridized carbons (Fsp3) is 0.160. The van der Waals surface area contributed by atoms with Crippen LogP contribution in [0.4, 0.5) is 11.4 Å². The van der Waals surface area contributed by atoms with Gasteiger partial charge in [-0.25, -0.2) is 21.6 Å². The van der Waals surface area contributed by atoms with Crippen LogP contribution >= 0.6 is 11.6 Å². The van der Waals surface area contributed by atoms with Crippen molar-refractivity contribution in [3.8, 4) is 6.07 Å². The molecule has 0 aromatic heterocycles. The molecule has 10 nitrogen and oxygen atoms in total. The summed E-state index contributed by atoms with van der Waals surface area (Å²) >= 11 is 6.10. The summed E-state index contributed by atoms with van der Waals surface area (Å²) in [5, 5.41) is 8.81. The number of sulfone groups is 1. The second kappa shape index (κ2) is 12.1. The Morgan fingerprint density at radius 3 is 2.21 bits per heavy atom. The van der Waals surface area contributed by atoms with E-state index in [0.29, 0.717) is 5.69 Å². The summed E-state index contributed by atoms with van der Waals surface area (Å²) in [5.41, 5.74) is 0.337. The van der Waals surface area contributed by atoms with Crippen molar-refractivity contribution in [3.05, 3.63) is 83.4 Å². The molecule has 0 heterocycles. The lowest BCUT2D eigenvalue weighted by Gasteiger charge is -2.21. The zero-order valence-electron chi connectivity index (χ0n) is 20.0. The molecule has 0 atom stereocenters. The van der Waals surface area contributed by atoms with Crippen LogP contribution in [-0.4, -0.2) is 48.1 Å². The van der Waals surface area contributed by atoms with Crippen molar-refractivity contribution in [2.75, 3.05) is 29.0 Å². The second-order valence-electron chi connectivity index (χ2n) is 7.91. The van der Waals surface area contributed by atoms with E-state index in [9.17, 15) is 26.4 Å². The van der Waals surface area contributed by atoms with Crippen LogP contribution < -0.4 is 9.62 Å². The highest BCUT2D eigenvalue weighted by molar-refractivity contribution is 7.92. The smallest absolute Gasteiger partial charge is 0.340 e. The van der Waals surface area contributed by atoms with Crippen LogP contribution in [0.25, 0.3) is 0 Å². The number of esters is 1. The van der Waals surface area contributed by atoms with Crippen molar-refractivity contribution in [2.24, 2.45) is 0 Å². The van der Waals surface area contributed by atoms with Crippen LogP contribution in [0.1, 0.15) is 16.8 Å². The van der Waals surface area contributed by atoms with Gasteiger partial charge in [0.1, 0.15) is 0 Å². The minimum Gasteiger partial charge on any atom is -0.452 e. The topological polar surface area (TPSA) is 151 Å². The molecule has 0 aliphatic heterocycles. The van der Waals surface area contributed by atoms with Gasteiger partial charge in [-0.1, -0.05) is 29.8 Å². The summed E-state index contributed by atoms with van der Waals surface area (Å²) in [7, 11) is -7.65. The van der Waals surface area contributed by atoms with Gasteiger partial charge in [-0.3, -0.25) is 9.52 Å². The molecule has 0 fully saturated rings. The molecule has 3 rings (SSSR count). The highest BCUT2D eigenvalue weighted by Crippen LogP contribution is 2.24. The van der Waals surface area contributed by atoms with Crippen molar-refractivity contribution in [1.82, 2.24) is 0 Å². The van der Waals surface area contributed by atoms with Crippen molar-refractivity contribution >= 4 is 54.7 Å². The maximum Gasteiger partial charge on any atom is 0.340 e. The quantitative estimate of drug-likeness (QED) is 0.360. The summed E-state index contributed by atoms with van der Waals surface area (Å²) in [6.07, 6.45) is 1.09. The van der Waals surface area contributed by atoms with Gasteiger partial charge in [0.05, 0.1) is 32.9 Å². The second-order valence-corrected chi connectivity index (χ2v) is 12.0. The first kappa shape index (κ1) is 28.6. The van der Waals surface area contributed by atoms with Gasteiger partial charge in [0, 0.05) is 24.2 Å². The molecule has 13 heteroatoms. The number of sulfonamides is 1. The van der Waals surface area contributed by atoms with Crippen LogP contribution in [0.15, 0.2) is 82.6 Å². The molecule has 1 N–H and O–H groups in total. The zero-order chi connectivity index (χ0) is 27.9. The Labute approximate surface area is 225 Å². The molecule has 0 saturated heterocycles. The Balaban J connectivity index is 1.75. The van der Waals surface area contributed by atoms with Gasteiger partial charge >= 0.3 is 5.97 Å². The highest BCUT2D eigenvalue weighted by Gasteiger charge is 2.22.